The normalized spacial score (nSPS) is 16.5. The van der Waals surface area contributed by atoms with Crippen LogP contribution >= 0.6 is 0 Å². The zero-order valence-electron chi connectivity index (χ0n) is 54.0. The molecule has 0 aromatic heterocycles. The minimum absolute atomic E-state index is 0.0993. The van der Waals surface area contributed by atoms with Gasteiger partial charge in [0.05, 0.1) is 51.7 Å². The molecule has 0 unspecified atom stereocenters. The van der Waals surface area contributed by atoms with Gasteiger partial charge in [0.25, 0.3) is 0 Å². The van der Waals surface area contributed by atoms with Crippen molar-refractivity contribution in [2.24, 2.45) is 29.4 Å². The summed E-state index contributed by atoms with van der Waals surface area (Å²) >= 11 is 0. The van der Waals surface area contributed by atoms with Crippen molar-refractivity contribution in [3.63, 3.8) is 0 Å². The van der Waals surface area contributed by atoms with E-state index < -0.39 is 237 Å². The van der Waals surface area contributed by atoms with Gasteiger partial charge < -0.3 is 116 Å². The molecule has 0 saturated carbocycles. The summed E-state index contributed by atoms with van der Waals surface area (Å²) in [6.07, 6.45) is -2.54. The monoisotopic (exact) mass is 1320 g/mol. The Kier molecular flexibility index (Phi) is 37.6. The number of carbonyl (C=O) groups excluding carboxylic acids is 14. The van der Waals surface area contributed by atoms with Gasteiger partial charge in [-0.25, -0.2) is 4.79 Å². The minimum atomic E-state index is -1.97. The zero-order chi connectivity index (χ0) is 71.2. The molecule has 14 amide bonds. The highest BCUT2D eigenvalue weighted by molar-refractivity contribution is 6.00. The molecule has 92 heavy (non-hydrogen) atoms. The van der Waals surface area contributed by atoms with E-state index in [9.17, 15) is 108 Å². The summed E-state index contributed by atoms with van der Waals surface area (Å²) in [5, 5.41) is 101. The van der Waals surface area contributed by atoms with E-state index in [0.29, 0.717) is 6.42 Å². The van der Waals surface area contributed by atoms with Crippen LogP contribution < -0.4 is 80.2 Å². The van der Waals surface area contributed by atoms with Crippen LogP contribution in [0.15, 0.2) is 0 Å². The number of nitrogens with two attached hydrogens (primary N) is 1. The first kappa shape index (κ1) is 83.8. The van der Waals surface area contributed by atoms with Crippen molar-refractivity contribution in [1.29, 1.82) is 0 Å². The molecule has 524 valence electrons. The molecule has 0 spiro atoms. The second-order valence-corrected chi connectivity index (χ2v) is 23.1. The average molecular weight is 1320 g/mol. The lowest BCUT2D eigenvalue weighted by Crippen LogP contribution is -2.62. The van der Waals surface area contributed by atoms with Crippen LogP contribution in [0.2, 0.25) is 0 Å². The Morgan fingerprint density at radius 1 is 0.348 bits per heavy atom. The molecule has 37 nitrogen and oxygen atoms in total. The highest BCUT2D eigenvalue weighted by atomic mass is 16.4. The summed E-state index contributed by atoms with van der Waals surface area (Å²) < 4.78 is 0. The van der Waals surface area contributed by atoms with Gasteiger partial charge >= 0.3 is 5.97 Å². The van der Waals surface area contributed by atoms with Crippen LogP contribution in [-0.4, -0.2) is 255 Å². The van der Waals surface area contributed by atoms with E-state index in [0.717, 1.165) is 13.8 Å². The maximum absolute atomic E-state index is 13.4. The first-order chi connectivity index (χ1) is 42.7. The van der Waals surface area contributed by atoms with Crippen molar-refractivity contribution in [3.05, 3.63) is 0 Å². The maximum Gasteiger partial charge on any atom is 0.326 e. The Bertz CT molecular complexity index is 2560. The predicted molar refractivity (Wildman–Crippen MR) is 322 cm³/mol. The van der Waals surface area contributed by atoms with E-state index >= 15 is 0 Å². The number of aliphatic hydroxyl groups is 6. The van der Waals surface area contributed by atoms with Gasteiger partial charge in [-0.3, -0.25) is 67.1 Å². The van der Waals surface area contributed by atoms with E-state index in [-0.39, 0.29) is 12.3 Å². The summed E-state index contributed by atoms with van der Waals surface area (Å²) in [7, 11) is 0. The predicted octanol–water partition coefficient (Wildman–Crippen LogP) is -10.4. The fourth-order valence-electron chi connectivity index (χ4n) is 7.93. The Hall–Kier alpha value is -8.23. The molecule has 0 aliphatic carbocycles. The zero-order valence-corrected chi connectivity index (χ0v) is 54.0. The van der Waals surface area contributed by atoms with Crippen LogP contribution in [-0.2, 0) is 71.9 Å². The van der Waals surface area contributed by atoms with Gasteiger partial charge in [0.1, 0.15) is 78.5 Å². The van der Waals surface area contributed by atoms with E-state index in [1.54, 1.807) is 41.5 Å². The fourth-order valence-corrected chi connectivity index (χ4v) is 7.93. The van der Waals surface area contributed by atoms with Crippen molar-refractivity contribution < 1.29 is 108 Å². The number of aliphatic carboxylic acids is 1. The van der Waals surface area contributed by atoms with E-state index in [4.69, 9.17) is 5.73 Å². The molecule has 0 bridgehead atoms. The topological polar surface area (TPSA) is 592 Å². The van der Waals surface area contributed by atoms with Gasteiger partial charge in [-0.2, -0.15) is 0 Å². The Morgan fingerprint density at radius 2 is 0.652 bits per heavy atom. The first-order valence-corrected chi connectivity index (χ1v) is 29.7. The van der Waals surface area contributed by atoms with Crippen LogP contribution in [0.25, 0.3) is 0 Å². The van der Waals surface area contributed by atoms with E-state index in [2.05, 4.69) is 69.1 Å². The molecular formula is C55H97N15O22. The summed E-state index contributed by atoms with van der Waals surface area (Å²) in [5.74, 6) is -17.5. The molecule has 16 atom stereocenters. The lowest BCUT2D eigenvalue weighted by molar-refractivity contribution is -0.143. The molecule has 0 radical (unpaired) electrons. The minimum Gasteiger partial charge on any atom is -0.480 e. The van der Waals surface area contributed by atoms with Crippen molar-refractivity contribution in [2.45, 2.75) is 194 Å². The van der Waals surface area contributed by atoms with Crippen molar-refractivity contribution >= 4 is 88.7 Å². The average Bonchev–Trinajstić information content (AvgIpc) is 1.26. The van der Waals surface area contributed by atoms with Gasteiger partial charge in [0.15, 0.2) is 0 Å². The molecule has 0 aliphatic rings. The van der Waals surface area contributed by atoms with E-state index in [1.165, 1.54) is 34.6 Å². The molecule has 0 aliphatic heterocycles. The van der Waals surface area contributed by atoms with Gasteiger partial charge in [-0.1, -0.05) is 61.8 Å². The largest absolute Gasteiger partial charge is 0.480 e. The van der Waals surface area contributed by atoms with Crippen LogP contribution in [0.5, 0.6) is 0 Å². The van der Waals surface area contributed by atoms with Crippen LogP contribution in [0.4, 0.5) is 0 Å². The number of carbonyl (C=O) groups is 15. The molecule has 0 rings (SSSR count). The Balaban J connectivity index is 5.63. The lowest BCUT2D eigenvalue weighted by Gasteiger charge is -2.27. The third-order valence-corrected chi connectivity index (χ3v) is 13.9. The smallest absolute Gasteiger partial charge is 0.326 e. The second-order valence-electron chi connectivity index (χ2n) is 23.1. The van der Waals surface area contributed by atoms with Crippen LogP contribution in [0, 0.1) is 23.7 Å². The summed E-state index contributed by atoms with van der Waals surface area (Å²) in [6, 6.07) is -19.8. The number of aliphatic hydroxyl groups excluding tert-OH is 6. The standard InChI is InChI=1S/C55H97N15O22/c1-14-25(8)41(53(89)64-31(55(91)92)15-22(2)3)69-48(84)33(19-72)63-37(78)17-58-51(87)39(23(4)5)67-44(80)27(10)59-43(79)26(9)60-46(82)34(20-73)66-54(90)42(30(13)76)70-49(85)35(21-74)65-47(83)32(18-71)62-36(77)16-57-52(88)40(24(6)7)68-45(81)28(11)61-50(86)38(56)29(12)75/h22-35,38-42,71-76H,14-21,56H2,1-13H3,(H,57,88)(H,58,87)(H,59,79)(H,60,82)(H,61,86)(H,62,77)(H,63,78)(H,64,89)(H,65,83)(H,66,90)(H,67,80)(H,68,81)(H,69,84)(H,70,85)(H,91,92)/t25-,26-,27-,28-,29+,30+,31-,32-,33-,34-,35-,38-,39-,40-,41-,42-/m0/s1. The first-order valence-electron chi connectivity index (χ1n) is 29.7. The highest BCUT2D eigenvalue weighted by Gasteiger charge is 2.37. The van der Waals surface area contributed by atoms with Crippen LogP contribution in [0.1, 0.15) is 103 Å². The summed E-state index contributed by atoms with van der Waals surface area (Å²) in [5.41, 5.74) is 5.58. The number of hydrogen-bond donors (Lipinski definition) is 22. The Morgan fingerprint density at radius 3 is 1.00 bits per heavy atom. The Labute approximate surface area is 531 Å². The summed E-state index contributed by atoms with van der Waals surface area (Å²) in [6.45, 7) is 13.0. The number of carboxylic acid groups (broad SMARTS) is 1. The molecule has 0 heterocycles. The quantitative estimate of drug-likeness (QED) is 0.0270. The molecule has 0 saturated heterocycles. The van der Waals surface area contributed by atoms with Gasteiger partial charge in [0, 0.05) is 0 Å². The number of amides is 14. The molecule has 0 aromatic rings. The molecule has 37 heteroatoms. The van der Waals surface area contributed by atoms with Crippen molar-refractivity contribution in [1.82, 2.24) is 74.4 Å². The maximum atomic E-state index is 13.4. The highest BCUT2D eigenvalue weighted by Crippen LogP contribution is 2.12. The van der Waals surface area contributed by atoms with E-state index in [1.807, 2.05) is 5.32 Å². The number of hydrogen-bond acceptors (Lipinski definition) is 22. The van der Waals surface area contributed by atoms with Crippen LogP contribution in [0.3, 0.4) is 0 Å². The molecule has 23 N–H and O–H groups in total. The van der Waals surface area contributed by atoms with Crippen molar-refractivity contribution in [3.8, 4) is 0 Å². The second kappa shape index (κ2) is 41.3. The van der Waals surface area contributed by atoms with Gasteiger partial charge in [-0.05, 0) is 64.7 Å². The van der Waals surface area contributed by atoms with Crippen molar-refractivity contribution in [2.75, 3.05) is 39.5 Å². The molecule has 0 fully saturated rings. The summed E-state index contributed by atoms with van der Waals surface area (Å²) in [4.78, 5) is 195. The number of nitrogens with one attached hydrogen (secondary N) is 14. The van der Waals surface area contributed by atoms with Gasteiger partial charge in [0.2, 0.25) is 82.7 Å². The lowest BCUT2D eigenvalue weighted by atomic mass is 9.96. The number of rotatable bonds is 41. The molecule has 0 aromatic carbocycles. The fraction of sp³-hybridized carbons (Fsp3) is 0.727. The SMILES string of the molecule is CC[C@H](C)[C@H](NC(=O)[C@H](CO)NC(=O)CNC(=O)[C@@H](NC(=O)[C@H](C)NC(=O)[C@H](C)NC(=O)[C@H](CO)NC(=O)[C@@H](NC(=O)[C@H](CO)NC(=O)[C@H](CO)NC(=O)CNC(=O)[C@@H](NC(=O)[C@H](C)NC(=O)[C@@H](N)[C@@H](C)O)C(C)C)[C@@H](C)O)C(C)C)C(=O)N[C@@H](CC(C)C)C(=O)O. The third kappa shape index (κ3) is 28.9. The number of carboxylic acids is 1. The third-order valence-electron chi connectivity index (χ3n) is 13.9. The van der Waals surface area contributed by atoms with Gasteiger partial charge in [-0.15, -0.1) is 0 Å². The molecular weight excluding hydrogens is 1220 g/mol.